The molecule has 1 aromatic carbocycles. The molecule has 0 radical (unpaired) electrons. The van der Waals surface area contributed by atoms with Gasteiger partial charge in [0.05, 0.1) is 5.69 Å². The Morgan fingerprint density at radius 1 is 1.26 bits per heavy atom. The molecule has 2 heterocycles. The van der Waals surface area contributed by atoms with Gasteiger partial charge in [0.1, 0.15) is 0 Å². The van der Waals surface area contributed by atoms with Crippen LogP contribution in [0.25, 0.3) is 11.3 Å². The number of thiazole rings is 1. The number of aliphatic imine (C=N–C) groups is 1. The van der Waals surface area contributed by atoms with Gasteiger partial charge in [0, 0.05) is 29.7 Å². The van der Waals surface area contributed by atoms with Crippen LogP contribution in [0.2, 0.25) is 0 Å². The predicted molar refractivity (Wildman–Crippen MR) is 80.5 cm³/mol. The molecule has 3 rings (SSSR count). The number of nitrogens with zero attached hydrogens (tertiary/aromatic N) is 2. The summed E-state index contributed by atoms with van der Waals surface area (Å²) in [5.74, 6) is 0.810. The van der Waals surface area contributed by atoms with Gasteiger partial charge in [-0.2, -0.15) is 0 Å². The third-order valence-electron chi connectivity index (χ3n) is 2.83. The lowest BCUT2D eigenvalue weighted by Crippen LogP contribution is -2.35. The third-order valence-corrected chi connectivity index (χ3v) is 3.59. The Hall–Kier alpha value is -2.08. The average Bonchev–Trinajstić information content (AvgIpc) is 2.89. The van der Waals surface area contributed by atoms with Gasteiger partial charge >= 0.3 is 0 Å². The van der Waals surface area contributed by atoms with Crippen molar-refractivity contribution in [3.63, 3.8) is 0 Å². The second-order valence-electron chi connectivity index (χ2n) is 4.30. The molecule has 0 bridgehead atoms. The Bertz CT molecular complexity index is 587. The maximum atomic E-state index is 5.68. The van der Waals surface area contributed by atoms with Crippen LogP contribution in [-0.4, -0.2) is 24.0 Å². The number of benzene rings is 1. The van der Waals surface area contributed by atoms with E-state index in [2.05, 4.69) is 20.6 Å². The van der Waals surface area contributed by atoms with Crippen LogP contribution in [-0.2, 0) is 0 Å². The molecule has 1 aromatic heterocycles. The molecule has 0 fully saturated rings. The summed E-state index contributed by atoms with van der Waals surface area (Å²) in [7, 11) is 0. The largest absolute Gasteiger partial charge is 0.399 e. The number of rotatable bonds is 2. The molecule has 1 aliphatic rings. The summed E-state index contributed by atoms with van der Waals surface area (Å²) < 4.78 is 0. The SMILES string of the molecule is Nc1ccc(-c2csc(NC3=NCCCN3)n2)cc1. The monoisotopic (exact) mass is 273 g/mol. The molecule has 0 atom stereocenters. The zero-order valence-electron chi connectivity index (χ0n) is 10.4. The molecule has 0 amide bonds. The Labute approximate surface area is 115 Å². The van der Waals surface area contributed by atoms with Crippen LogP contribution in [0, 0.1) is 0 Å². The van der Waals surface area contributed by atoms with E-state index >= 15 is 0 Å². The van der Waals surface area contributed by atoms with Crippen LogP contribution in [0.3, 0.4) is 0 Å². The number of nitrogens with two attached hydrogens (primary N) is 1. The highest BCUT2D eigenvalue weighted by Crippen LogP contribution is 2.25. The second-order valence-corrected chi connectivity index (χ2v) is 5.15. The van der Waals surface area contributed by atoms with Crippen LogP contribution >= 0.6 is 11.3 Å². The van der Waals surface area contributed by atoms with E-state index in [1.165, 1.54) is 0 Å². The van der Waals surface area contributed by atoms with Gasteiger partial charge in [0.2, 0.25) is 0 Å². The molecule has 0 saturated heterocycles. The smallest absolute Gasteiger partial charge is 0.197 e. The first-order valence-electron chi connectivity index (χ1n) is 6.18. The molecule has 5 nitrogen and oxygen atoms in total. The quantitative estimate of drug-likeness (QED) is 0.733. The van der Waals surface area contributed by atoms with Gasteiger partial charge in [-0.25, -0.2) is 4.98 Å². The second kappa shape index (κ2) is 5.27. The van der Waals surface area contributed by atoms with Gasteiger partial charge in [-0.15, -0.1) is 11.3 Å². The van der Waals surface area contributed by atoms with Gasteiger partial charge in [-0.1, -0.05) is 12.1 Å². The fraction of sp³-hybridized carbons (Fsp3) is 0.231. The van der Waals surface area contributed by atoms with E-state index in [1.54, 1.807) is 11.3 Å². The van der Waals surface area contributed by atoms with E-state index in [9.17, 15) is 0 Å². The van der Waals surface area contributed by atoms with Gasteiger partial charge < -0.3 is 16.4 Å². The minimum atomic E-state index is 0.762. The van der Waals surface area contributed by atoms with Gasteiger partial charge in [0.25, 0.3) is 0 Å². The minimum absolute atomic E-state index is 0.762. The Morgan fingerprint density at radius 2 is 2.11 bits per heavy atom. The lowest BCUT2D eigenvalue weighted by molar-refractivity contribution is 0.740. The van der Waals surface area contributed by atoms with Crippen LogP contribution < -0.4 is 16.4 Å². The van der Waals surface area contributed by atoms with Crippen molar-refractivity contribution in [3.8, 4) is 11.3 Å². The number of nitrogen functional groups attached to an aromatic ring is 1. The summed E-state index contributed by atoms with van der Waals surface area (Å²) in [4.78, 5) is 8.91. The standard InChI is InChI=1S/C13H15N5S/c14-10-4-2-9(3-5-10)11-8-19-13(17-11)18-12-15-6-1-7-16-12/h2-5,8H,1,6-7,14H2,(H2,15,16,17,18). The molecule has 0 spiro atoms. The Balaban J connectivity index is 1.75. The number of aromatic nitrogens is 1. The van der Waals surface area contributed by atoms with Crippen molar-refractivity contribution in [3.05, 3.63) is 29.6 Å². The van der Waals surface area contributed by atoms with Gasteiger partial charge in [-0.3, -0.25) is 4.99 Å². The summed E-state index contributed by atoms with van der Waals surface area (Å²) in [6, 6.07) is 7.72. The van der Waals surface area contributed by atoms with E-state index in [-0.39, 0.29) is 0 Å². The van der Waals surface area contributed by atoms with Crippen molar-refractivity contribution >= 4 is 28.1 Å². The number of nitrogens with one attached hydrogen (secondary N) is 2. The molecule has 0 unspecified atom stereocenters. The van der Waals surface area contributed by atoms with E-state index in [0.717, 1.165) is 47.5 Å². The molecular formula is C13H15N5S. The molecule has 19 heavy (non-hydrogen) atoms. The first kappa shape index (κ1) is 12.0. The molecule has 4 N–H and O–H groups in total. The number of hydrogen-bond acceptors (Lipinski definition) is 6. The lowest BCUT2D eigenvalue weighted by atomic mass is 10.1. The van der Waals surface area contributed by atoms with Crippen LogP contribution in [0.1, 0.15) is 6.42 Å². The third kappa shape index (κ3) is 2.85. The van der Waals surface area contributed by atoms with Crippen molar-refractivity contribution in [2.75, 3.05) is 24.1 Å². The molecule has 0 aliphatic carbocycles. The highest BCUT2D eigenvalue weighted by atomic mass is 32.1. The molecular weight excluding hydrogens is 258 g/mol. The zero-order chi connectivity index (χ0) is 13.1. The van der Waals surface area contributed by atoms with Gasteiger partial charge in [0.15, 0.2) is 11.1 Å². The maximum absolute atomic E-state index is 5.68. The molecule has 98 valence electrons. The van der Waals surface area contributed by atoms with E-state index in [1.807, 2.05) is 29.6 Å². The summed E-state index contributed by atoms with van der Waals surface area (Å²) in [5, 5.41) is 9.29. The predicted octanol–water partition coefficient (Wildman–Crippen LogP) is 2.15. The van der Waals surface area contributed by atoms with Crippen LogP contribution in [0.15, 0.2) is 34.6 Å². The fourth-order valence-electron chi connectivity index (χ4n) is 1.84. The molecule has 0 saturated carbocycles. The Kier molecular flexibility index (Phi) is 3.33. The zero-order valence-corrected chi connectivity index (χ0v) is 11.2. The molecule has 2 aromatic rings. The number of anilines is 2. The summed E-state index contributed by atoms with van der Waals surface area (Å²) >= 11 is 1.57. The topological polar surface area (TPSA) is 75.3 Å². The first-order valence-corrected chi connectivity index (χ1v) is 7.06. The minimum Gasteiger partial charge on any atom is -0.399 e. The Morgan fingerprint density at radius 3 is 2.84 bits per heavy atom. The van der Waals surface area contributed by atoms with Crippen molar-refractivity contribution in [2.24, 2.45) is 4.99 Å². The normalized spacial score (nSPS) is 14.6. The summed E-state index contributed by atoms with van der Waals surface area (Å²) in [6.45, 7) is 1.83. The summed E-state index contributed by atoms with van der Waals surface area (Å²) in [6.07, 6.45) is 1.08. The van der Waals surface area contributed by atoms with Crippen LogP contribution in [0.4, 0.5) is 10.8 Å². The first-order chi connectivity index (χ1) is 9.31. The average molecular weight is 273 g/mol. The highest BCUT2D eigenvalue weighted by Gasteiger charge is 2.08. The van der Waals surface area contributed by atoms with E-state index < -0.39 is 0 Å². The lowest BCUT2D eigenvalue weighted by Gasteiger charge is -2.14. The van der Waals surface area contributed by atoms with Crippen molar-refractivity contribution in [1.29, 1.82) is 0 Å². The maximum Gasteiger partial charge on any atom is 0.197 e. The molecule has 6 heteroatoms. The number of guanidine groups is 1. The van der Waals surface area contributed by atoms with E-state index in [4.69, 9.17) is 5.73 Å². The van der Waals surface area contributed by atoms with E-state index in [0.29, 0.717) is 0 Å². The van der Waals surface area contributed by atoms with Crippen molar-refractivity contribution in [1.82, 2.24) is 10.3 Å². The molecule has 1 aliphatic heterocycles. The van der Waals surface area contributed by atoms with Crippen molar-refractivity contribution < 1.29 is 0 Å². The van der Waals surface area contributed by atoms with Crippen LogP contribution in [0.5, 0.6) is 0 Å². The summed E-state index contributed by atoms with van der Waals surface area (Å²) in [5.41, 5.74) is 8.46. The number of hydrogen-bond donors (Lipinski definition) is 3. The van der Waals surface area contributed by atoms with Crippen molar-refractivity contribution in [2.45, 2.75) is 6.42 Å². The fourth-order valence-corrected chi connectivity index (χ4v) is 2.55. The van der Waals surface area contributed by atoms with Gasteiger partial charge in [-0.05, 0) is 18.6 Å². The highest BCUT2D eigenvalue weighted by molar-refractivity contribution is 7.14.